The molecule has 0 aliphatic carbocycles. The van der Waals surface area contributed by atoms with Crippen LogP contribution in [0.3, 0.4) is 0 Å². The maximum absolute atomic E-state index is 9.96. The standard InChI is InChI=1S/C19H14N6O/c26-17-10-2-1-7-14(17)13-22-25-18(15-8-3-5-11-20-15)23-24-19(25)16-9-4-6-12-21-16/h1-13,26H/b22-13+. The van der Waals surface area contributed by atoms with Crippen molar-refractivity contribution in [1.29, 1.82) is 0 Å². The summed E-state index contributed by atoms with van der Waals surface area (Å²) in [5.74, 6) is 1.11. The number of benzene rings is 1. The van der Waals surface area contributed by atoms with E-state index in [1.165, 1.54) is 0 Å². The molecule has 0 atom stereocenters. The molecule has 3 heterocycles. The number of phenols is 1. The number of nitrogens with zero attached hydrogens (tertiary/aromatic N) is 6. The number of rotatable bonds is 4. The molecule has 0 aliphatic rings. The highest BCUT2D eigenvalue weighted by Crippen LogP contribution is 2.22. The third-order valence-electron chi connectivity index (χ3n) is 3.68. The Hall–Kier alpha value is -3.87. The van der Waals surface area contributed by atoms with Gasteiger partial charge in [-0.05, 0) is 36.4 Å². The molecule has 0 bridgehead atoms. The number of aromatic nitrogens is 5. The van der Waals surface area contributed by atoms with Crippen molar-refractivity contribution in [3.63, 3.8) is 0 Å². The largest absolute Gasteiger partial charge is 0.507 e. The van der Waals surface area contributed by atoms with Crippen molar-refractivity contribution in [2.75, 3.05) is 0 Å². The molecule has 0 amide bonds. The van der Waals surface area contributed by atoms with E-state index in [2.05, 4.69) is 25.3 Å². The zero-order valence-electron chi connectivity index (χ0n) is 13.6. The van der Waals surface area contributed by atoms with E-state index in [0.717, 1.165) is 0 Å². The maximum atomic E-state index is 9.96. The van der Waals surface area contributed by atoms with Crippen molar-refractivity contribution in [3.05, 3.63) is 78.6 Å². The van der Waals surface area contributed by atoms with Crippen molar-refractivity contribution in [2.45, 2.75) is 0 Å². The van der Waals surface area contributed by atoms with Crippen LogP contribution in [-0.4, -0.2) is 36.2 Å². The lowest BCUT2D eigenvalue weighted by Crippen LogP contribution is -1.99. The normalized spacial score (nSPS) is 11.1. The topological polar surface area (TPSA) is 89.1 Å². The molecule has 1 aromatic carbocycles. The van der Waals surface area contributed by atoms with Gasteiger partial charge in [0.2, 0.25) is 11.6 Å². The van der Waals surface area contributed by atoms with Crippen LogP contribution in [0.4, 0.5) is 0 Å². The summed E-state index contributed by atoms with van der Waals surface area (Å²) >= 11 is 0. The van der Waals surface area contributed by atoms with Crippen LogP contribution in [-0.2, 0) is 0 Å². The lowest BCUT2D eigenvalue weighted by Gasteiger charge is -2.04. The van der Waals surface area contributed by atoms with E-state index in [9.17, 15) is 5.11 Å². The minimum absolute atomic E-state index is 0.142. The van der Waals surface area contributed by atoms with Crippen molar-refractivity contribution in [2.24, 2.45) is 5.10 Å². The molecule has 26 heavy (non-hydrogen) atoms. The van der Waals surface area contributed by atoms with Gasteiger partial charge in [-0.25, -0.2) is 0 Å². The van der Waals surface area contributed by atoms with Crippen molar-refractivity contribution < 1.29 is 5.11 Å². The van der Waals surface area contributed by atoms with Gasteiger partial charge in [0.05, 0.1) is 6.21 Å². The van der Waals surface area contributed by atoms with Gasteiger partial charge < -0.3 is 5.11 Å². The second kappa shape index (κ2) is 6.94. The SMILES string of the molecule is Oc1ccccc1/C=N/n1c(-c2ccccn2)nnc1-c1ccccn1. The van der Waals surface area contributed by atoms with E-state index in [4.69, 9.17) is 0 Å². The molecule has 4 aromatic rings. The Balaban J connectivity index is 1.85. The van der Waals surface area contributed by atoms with E-state index in [1.54, 1.807) is 41.5 Å². The smallest absolute Gasteiger partial charge is 0.203 e. The molecule has 126 valence electrons. The van der Waals surface area contributed by atoms with E-state index < -0.39 is 0 Å². The Morgan fingerprint density at radius 1 is 0.769 bits per heavy atom. The summed E-state index contributed by atoms with van der Waals surface area (Å²) in [6.45, 7) is 0. The Morgan fingerprint density at radius 3 is 1.88 bits per heavy atom. The number of para-hydroxylation sites is 1. The number of phenolic OH excluding ortho intramolecular Hbond substituents is 1. The van der Waals surface area contributed by atoms with Crippen LogP contribution in [0.2, 0.25) is 0 Å². The molecule has 0 radical (unpaired) electrons. The summed E-state index contributed by atoms with van der Waals surface area (Å²) in [5.41, 5.74) is 1.85. The van der Waals surface area contributed by atoms with E-state index in [1.807, 2.05) is 42.5 Å². The fraction of sp³-hybridized carbons (Fsp3) is 0. The van der Waals surface area contributed by atoms with Gasteiger partial charge in [-0.2, -0.15) is 9.78 Å². The van der Waals surface area contributed by atoms with Gasteiger partial charge in [-0.15, -0.1) is 10.2 Å². The van der Waals surface area contributed by atoms with E-state index in [-0.39, 0.29) is 5.75 Å². The quantitative estimate of drug-likeness (QED) is 0.576. The van der Waals surface area contributed by atoms with Crippen LogP contribution in [0.5, 0.6) is 5.75 Å². The van der Waals surface area contributed by atoms with Gasteiger partial charge in [0.15, 0.2) is 0 Å². The highest BCUT2D eigenvalue weighted by Gasteiger charge is 2.16. The Bertz CT molecular complexity index is 987. The first-order valence-electron chi connectivity index (χ1n) is 7.93. The van der Waals surface area contributed by atoms with Gasteiger partial charge in [0.25, 0.3) is 0 Å². The summed E-state index contributed by atoms with van der Waals surface area (Å²) in [5, 5.41) is 22.9. The van der Waals surface area contributed by atoms with Gasteiger partial charge in [-0.1, -0.05) is 24.3 Å². The molecule has 7 heteroatoms. The molecule has 1 N–H and O–H groups in total. The predicted octanol–water partition coefficient (Wildman–Crippen LogP) is 2.99. The third kappa shape index (κ3) is 3.05. The van der Waals surface area contributed by atoms with Crippen LogP contribution < -0.4 is 0 Å². The van der Waals surface area contributed by atoms with Gasteiger partial charge >= 0.3 is 0 Å². The maximum Gasteiger partial charge on any atom is 0.203 e. The number of aromatic hydroxyl groups is 1. The van der Waals surface area contributed by atoms with Crippen LogP contribution >= 0.6 is 0 Å². The van der Waals surface area contributed by atoms with Gasteiger partial charge in [0.1, 0.15) is 17.1 Å². The van der Waals surface area contributed by atoms with Gasteiger partial charge in [-0.3, -0.25) is 9.97 Å². The Kier molecular flexibility index (Phi) is 4.17. The fourth-order valence-electron chi connectivity index (χ4n) is 2.42. The molecular formula is C19H14N6O. The molecular weight excluding hydrogens is 328 g/mol. The summed E-state index contributed by atoms with van der Waals surface area (Å²) in [6, 6.07) is 18.0. The van der Waals surface area contributed by atoms with Crippen molar-refractivity contribution >= 4 is 6.21 Å². The molecule has 0 fully saturated rings. The van der Waals surface area contributed by atoms with E-state index >= 15 is 0 Å². The minimum Gasteiger partial charge on any atom is -0.507 e. The average molecular weight is 342 g/mol. The van der Waals surface area contributed by atoms with Crippen LogP contribution in [0.25, 0.3) is 23.0 Å². The molecule has 4 rings (SSSR count). The fourth-order valence-corrected chi connectivity index (χ4v) is 2.42. The number of hydrogen-bond acceptors (Lipinski definition) is 6. The summed E-state index contributed by atoms with van der Waals surface area (Å²) in [6.07, 6.45) is 4.92. The lowest BCUT2D eigenvalue weighted by molar-refractivity contribution is 0.474. The van der Waals surface area contributed by atoms with Crippen LogP contribution in [0, 0.1) is 0 Å². The third-order valence-corrected chi connectivity index (χ3v) is 3.68. The monoisotopic (exact) mass is 342 g/mol. The first-order valence-corrected chi connectivity index (χ1v) is 7.93. The number of hydrogen-bond donors (Lipinski definition) is 1. The lowest BCUT2D eigenvalue weighted by atomic mass is 10.2. The second-order valence-electron chi connectivity index (χ2n) is 5.39. The molecule has 7 nitrogen and oxygen atoms in total. The first-order chi connectivity index (χ1) is 12.8. The highest BCUT2D eigenvalue weighted by molar-refractivity contribution is 5.83. The predicted molar refractivity (Wildman–Crippen MR) is 97.6 cm³/mol. The molecule has 0 aliphatic heterocycles. The first kappa shape index (κ1) is 15.6. The zero-order valence-corrected chi connectivity index (χ0v) is 13.6. The molecule has 0 unspecified atom stereocenters. The summed E-state index contributed by atoms with van der Waals surface area (Å²) in [7, 11) is 0. The van der Waals surface area contributed by atoms with Gasteiger partial charge in [0, 0.05) is 18.0 Å². The second-order valence-corrected chi connectivity index (χ2v) is 5.39. The van der Waals surface area contributed by atoms with E-state index in [0.29, 0.717) is 28.6 Å². The molecule has 0 spiro atoms. The highest BCUT2D eigenvalue weighted by atomic mass is 16.3. The Morgan fingerprint density at radius 2 is 1.35 bits per heavy atom. The average Bonchev–Trinajstić information content (AvgIpc) is 3.12. The van der Waals surface area contributed by atoms with Crippen molar-refractivity contribution in [3.8, 4) is 28.8 Å². The van der Waals surface area contributed by atoms with Crippen molar-refractivity contribution in [1.82, 2.24) is 24.8 Å². The zero-order chi connectivity index (χ0) is 17.8. The van der Waals surface area contributed by atoms with Crippen LogP contribution in [0.1, 0.15) is 5.56 Å². The summed E-state index contributed by atoms with van der Waals surface area (Å²) in [4.78, 5) is 8.64. The summed E-state index contributed by atoms with van der Waals surface area (Å²) < 4.78 is 1.57. The minimum atomic E-state index is 0.142. The molecule has 3 aromatic heterocycles. The molecule has 0 saturated heterocycles. The molecule has 0 saturated carbocycles. The Labute approximate surface area is 149 Å². The van der Waals surface area contributed by atoms with Crippen LogP contribution in [0.15, 0.2) is 78.2 Å². The number of pyridine rings is 2.